The SMILES string of the molecule is COc1ccccc1[C@H](C(C)C)[C@H](C)OC(=O)[C@H](C)CC(=O)c1nccc(OC)c1OC(C)=O. The highest BCUT2D eigenvalue weighted by molar-refractivity contribution is 5.99. The normalized spacial score (nSPS) is 13.5. The Balaban J connectivity index is 2.17. The summed E-state index contributed by atoms with van der Waals surface area (Å²) in [7, 11) is 3.00. The summed E-state index contributed by atoms with van der Waals surface area (Å²) in [6.45, 7) is 8.78. The highest BCUT2D eigenvalue weighted by Gasteiger charge is 2.31. The summed E-state index contributed by atoms with van der Waals surface area (Å²) < 4.78 is 21.6. The van der Waals surface area contributed by atoms with E-state index in [1.165, 1.54) is 26.3 Å². The van der Waals surface area contributed by atoms with Gasteiger partial charge in [0.15, 0.2) is 17.2 Å². The molecular formula is C26H33NO7. The van der Waals surface area contributed by atoms with Crippen molar-refractivity contribution in [3.63, 3.8) is 0 Å². The average molecular weight is 472 g/mol. The maximum Gasteiger partial charge on any atom is 0.309 e. The molecule has 0 saturated carbocycles. The minimum absolute atomic E-state index is 0.0625. The van der Waals surface area contributed by atoms with Crippen LogP contribution in [-0.4, -0.2) is 43.0 Å². The van der Waals surface area contributed by atoms with Crippen molar-refractivity contribution in [3.05, 3.63) is 47.8 Å². The van der Waals surface area contributed by atoms with Crippen LogP contribution in [-0.2, 0) is 14.3 Å². The lowest BCUT2D eigenvalue weighted by Crippen LogP contribution is -2.29. The summed E-state index contributed by atoms with van der Waals surface area (Å²) in [6.07, 6.45) is 0.763. The van der Waals surface area contributed by atoms with Crippen LogP contribution in [0, 0.1) is 11.8 Å². The van der Waals surface area contributed by atoms with Crippen LogP contribution in [0.25, 0.3) is 0 Å². The summed E-state index contributed by atoms with van der Waals surface area (Å²) in [6, 6.07) is 9.14. The summed E-state index contributed by atoms with van der Waals surface area (Å²) >= 11 is 0. The zero-order chi connectivity index (χ0) is 25.4. The molecule has 0 N–H and O–H groups in total. The number of ketones is 1. The summed E-state index contributed by atoms with van der Waals surface area (Å²) in [5, 5.41) is 0. The van der Waals surface area contributed by atoms with E-state index < -0.39 is 29.7 Å². The van der Waals surface area contributed by atoms with E-state index in [9.17, 15) is 14.4 Å². The third-order valence-electron chi connectivity index (χ3n) is 5.52. The van der Waals surface area contributed by atoms with E-state index in [4.69, 9.17) is 18.9 Å². The summed E-state index contributed by atoms with van der Waals surface area (Å²) in [5.41, 5.74) is 0.881. The van der Waals surface area contributed by atoms with Crippen molar-refractivity contribution in [3.8, 4) is 17.2 Å². The Morgan fingerprint density at radius 3 is 2.18 bits per heavy atom. The number of benzene rings is 1. The molecule has 1 heterocycles. The molecule has 0 aliphatic carbocycles. The second kappa shape index (κ2) is 12.2. The zero-order valence-electron chi connectivity index (χ0n) is 20.8. The Bertz CT molecular complexity index is 1020. The minimum atomic E-state index is -0.737. The van der Waals surface area contributed by atoms with Crippen LogP contribution in [0.15, 0.2) is 36.5 Å². The van der Waals surface area contributed by atoms with Crippen LogP contribution in [0.4, 0.5) is 0 Å². The third kappa shape index (κ3) is 6.56. The number of carbonyl (C=O) groups excluding carboxylic acids is 3. The molecule has 0 radical (unpaired) electrons. The fraction of sp³-hybridized carbons (Fsp3) is 0.462. The van der Waals surface area contributed by atoms with Crippen LogP contribution in [0.1, 0.15) is 63.0 Å². The van der Waals surface area contributed by atoms with Crippen molar-refractivity contribution < 1.29 is 33.3 Å². The van der Waals surface area contributed by atoms with Gasteiger partial charge in [0.25, 0.3) is 0 Å². The Kier molecular flexibility index (Phi) is 9.59. The number of pyridine rings is 1. The number of esters is 2. The predicted octanol–water partition coefficient (Wildman–Crippen LogP) is 4.60. The van der Waals surface area contributed by atoms with Crippen molar-refractivity contribution in [1.82, 2.24) is 4.98 Å². The van der Waals surface area contributed by atoms with Crippen molar-refractivity contribution in [2.24, 2.45) is 11.8 Å². The Morgan fingerprint density at radius 2 is 1.59 bits per heavy atom. The van der Waals surface area contributed by atoms with Gasteiger partial charge >= 0.3 is 11.9 Å². The van der Waals surface area contributed by atoms with Crippen molar-refractivity contribution in [2.45, 2.75) is 53.1 Å². The molecule has 34 heavy (non-hydrogen) atoms. The largest absolute Gasteiger partial charge is 0.496 e. The van der Waals surface area contributed by atoms with E-state index in [-0.39, 0.29) is 35.4 Å². The van der Waals surface area contributed by atoms with Gasteiger partial charge in [-0.3, -0.25) is 14.4 Å². The second-order valence-corrected chi connectivity index (χ2v) is 8.47. The molecule has 8 heteroatoms. The zero-order valence-corrected chi connectivity index (χ0v) is 20.8. The first-order valence-corrected chi connectivity index (χ1v) is 11.2. The summed E-state index contributed by atoms with van der Waals surface area (Å²) in [5.74, 6) is -1.37. The lowest BCUT2D eigenvalue weighted by atomic mass is 9.84. The number of para-hydroxylation sites is 1. The number of nitrogens with zero attached hydrogens (tertiary/aromatic N) is 1. The monoisotopic (exact) mass is 471 g/mol. The first-order valence-electron chi connectivity index (χ1n) is 11.2. The maximum absolute atomic E-state index is 12.9. The van der Waals surface area contributed by atoms with Crippen LogP contribution in [0.2, 0.25) is 0 Å². The minimum Gasteiger partial charge on any atom is -0.496 e. The van der Waals surface area contributed by atoms with Crippen molar-refractivity contribution in [1.29, 1.82) is 0 Å². The van der Waals surface area contributed by atoms with Gasteiger partial charge in [0, 0.05) is 37.1 Å². The van der Waals surface area contributed by atoms with Crippen molar-refractivity contribution in [2.75, 3.05) is 14.2 Å². The average Bonchev–Trinajstić information content (AvgIpc) is 2.78. The van der Waals surface area contributed by atoms with Gasteiger partial charge in [-0.15, -0.1) is 0 Å². The molecule has 0 saturated heterocycles. The molecule has 0 aliphatic heterocycles. The molecule has 0 aliphatic rings. The van der Waals surface area contributed by atoms with E-state index in [0.29, 0.717) is 0 Å². The maximum atomic E-state index is 12.9. The number of aromatic nitrogens is 1. The smallest absolute Gasteiger partial charge is 0.309 e. The first-order chi connectivity index (χ1) is 16.1. The highest BCUT2D eigenvalue weighted by atomic mass is 16.6. The standard InChI is InChI=1S/C26H33NO7/c1-15(2)23(19-10-8-9-11-21(19)31-6)17(4)33-26(30)16(3)14-20(29)24-25(34-18(5)28)22(32-7)12-13-27-24/h8-13,15-17,23H,14H2,1-7H3/t16-,17+,23-/m1/s1. The second-order valence-electron chi connectivity index (χ2n) is 8.47. The molecule has 1 aromatic carbocycles. The molecule has 2 aromatic rings. The number of ether oxygens (including phenoxy) is 4. The predicted molar refractivity (Wildman–Crippen MR) is 126 cm³/mol. The molecule has 184 valence electrons. The van der Waals surface area contributed by atoms with E-state index in [0.717, 1.165) is 11.3 Å². The van der Waals surface area contributed by atoms with Gasteiger partial charge in [-0.2, -0.15) is 0 Å². The van der Waals surface area contributed by atoms with Gasteiger partial charge in [-0.25, -0.2) is 4.98 Å². The Labute approximate surface area is 200 Å². The van der Waals surface area contributed by atoms with Crippen molar-refractivity contribution >= 4 is 17.7 Å². The molecule has 0 spiro atoms. The highest BCUT2D eigenvalue weighted by Crippen LogP contribution is 2.36. The molecular weight excluding hydrogens is 438 g/mol. The molecule has 0 unspecified atom stereocenters. The Morgan fingerprint density at radius 1 is 0.941 bits per heavy atom. The van der Waals surface area contributed by atoms with E-state index in [2.05, 4.69) is 18.8 Å². The molecule has 0 amide bonds. The topological polar surface area (TPSA) is 101 Å². The Hall–Kier alpha value is -3.42. The number of rotatable bonds is 11. The molecule has 1 aromatic heterocycles. The number of carbonyl (C=O) groups is 3. The van der Waals surface area contributed by atoms with Gasteiger partial charge in [-0.1, -0.05) is 39.0 Å². The third-order valence-corrected chi connectivity index (χ3v) is 5.52. The lowest BCUT2D eigenvalue weighted by Gasteiger charge is -2.29. The number of Topliss-reactive ketones (excluding diaryl/α,β-unsaturated/α-hetero) is 1. The summed E-state index contributed by atoms with van der Waals surface area (Å²) in [4.78, 5) is 41.4. The fourth-order valence-electron chi connectivity index (χ4n) is 3.96. The number of methoxy groups -OCH3 is 2. The lowest BCUT2D eigenvalue weighted by molar-refractivity contribution is -0.154. The van der Waals surface area contributed by atoms with Gasteiger partial charge in [0.1, 0.15) is 11.9 Å². The molecule has 8 nitrogen and oxygen atoms in total. The quantitative estimate of drug-likeness (QED) is 0.346. The van der Waals surface area contributed by atoms with Gasteiger partial charge in [-0.05, 0) is 18.9 Å². The number of hydrogen-bond acceptors (Lipinski definition) is 8. The van der Waals surface area contributed by atoms with Gasteiger partial charge in [0.2, 0.25) is 5.75 Å². The van der Waals surface area contributed by atoms with E-state index >= 15 is 0 Å². The molecule has 3 atom stereocenters. The van der Waals surface area contributed by atoms with Gasteiger partial charge < -0.3 is 18.9 Å². The molecule has 2 rings (SSSR count). The van der Waals surface area contributed by atoms with Gasteiger partial charge in [0.05, 0.1) is 20.1 Å². The number of hydrogen-bond donors (Lipinski definition) is 0. The van der Waals surface area contributed by atoms with E-state index in [1.807, 2.05) is 31.2 Å². The van der Waals surface area contributed by atoms with Crippen LogP contribution >= 0.6 is 0 Å². The molecule has 0 fully saturated rings. The van der Waals surface area contributed by atoms with Crippen LogP contribution in [0.5, 0.6) is 17.2 Å². The molecule has 0 bridgehead atoms. The first kappa shape index (κ1) is 26.8. The van der Waals surface area contributed by atoms with Crippen LogP contribution in [0.3, 0.4) is 0 Å². The van der Waals surface area contributed by atoms with E-state index in [1.54, 1.807) is 14.0 Å². The van der Waals surface area contributed by atoms with Crippen LogP contribution < -0.4 is 14.2 Å². The fourth-order valence-corrected chi connectivity index (χ4v) is 3.96.